The maximum absolute atomic E-state index is 10.9. The molecule has 6 nitrogen and oxygen atoms in total. The van der Waals surface area contributed by atoms with Crippen molar-refractivity contribution in [3.63, 3.8) is 0 Å². The number of hydrogen-bond acceptors (Lipinski definition) is 3. The van der Waals surface area contributed by atoms with E-state index in [1.165, 1.54) is 6.20 Å². The van der Waals surface area contributed by atoms with E-state index in [0.29, 0.717) is 11.3 Å². The first-order chi connectivity index (χ1) is 7.11. The number of pyridine rings is 1. The summed E-state index contributed by atoms with van der Waals surface area (Å²) < 4.78 is 0. The Morgan fingerprint density at radius 1 is 1.47 bits per heavy atom. The molecule has 2 rings (SSSR count). The van der Waals surface area contributed by atoms with E-state index in [9.17, 15) is 9.59 Å². The number of hydrogen-bond donors (Lipinski definition) is 2. The number of fused-ring (bicyclic) bond motifs is 1. The first-order valence-corrected chi connectivity index (χ1v) is 4.27. The van der Waals surface area contributed by atoms with E-state index in [0.717, 1.165) is 4.90 Å². The van der Waals surface area contributed by atoms with E-state index in [2.05, 4.69) is 4.98 Å². The second-order valence-corrected chi connectivity index (χ2v) is 3.20. The normalized spacial score (nSPS) is 18.7. The molecule has 1 unspecified atom stereocenters. The van der Waals surface area contributed by atoms with Gasteiger partial charge in [0.05, 0.1) is 12.2 Å². The fraction of sp³-hybridized carbons (Fsp3) is 0.222. The SMILES string of the molecule is O=C(O)C1c2ncccc2CN1C(=O)O. The molecule has 0 fully saturated rings. The quantitative estimate of drug-likeness (QED) is 0.708. The molecular weight excluding hydrogens is 200 g/mol. The third kappa shape index (κ3) is 1.39. The number of aliphatic carboxylic acids is 1. The van der Waals surface area contributed by atoms with Gasteiger partial charge in [-0.05, 0) is 11.6 Å². The standard InChI is InChI=1S/C9H8N2O4/c12-8(13)7-6-5(2-1-3-10-6)4-11(7)9(14)15/h1-3,7H,4H2,(H,12,13)(H,14,15). The number of aromatic nitrogens is 1. The molecule has 2 N–H and O–H groups in total. The molecule has 0 aromatic carbocycles. The zero-order valence-corrected chi connectivity index (χ0v) is 7.62. The van der Waals surface area contributed by atoms with Crippen molar-refractivity contribution < 1.29 is 19.8 Å². The van der Waals surface area contributed by atoms with Gasteiger partial charge in [-0.2, -0.15) is 0 Å². The number of nitrogens with zero attached hydrogens (tertiary/aromatic N) is 2. The molecule has 1 amide bonds. The van der Waals surface area contributed by atoms with Crippen LogP contribution in [0.3, 0.4) is 0 Å². The summed E-state index contributed by atoms with van der Waals surface area (Å²) in [5.74, 6) is -1.20. The third-order valence-electron chi connectivity index (χ3n) is 2.32. The molecule has 1 atom stereocenters. The lowest BCUT2D eigenvalue weighted by Gasteiger charge is -2.16. The summed E-state index contributed by atoms with van der Waals surface area (Å²) in [5, 5.41) is 17.8. The van der Waals surface area contributed by atoms with Crippen LogP contribution in [0, 0.1) is 0 Å². The van der Waals surface area contributed by atoms with Crippen LogP contribution < -0.4 is 0 Å². The van der Waals surface area contributed by atoms with Gasteiger partial charge in [0.15, 0.2) is 6.04 Å². The molecule has 1 aromatic heterocycles. The molecule has 0 radical (unpaired) electrons. The average molecular weight is 208 g/mol. The van der Waals surface area contributed by atoms with Crippen LogP contribution in [0.5, 0.6) is 0 Å². The molecule has 0 saturated carbocycles. The van der Waals surface area contributed by atoms with E-state index >= 15 is 0 Å². The fourth-order valence-electron chi connectivity index (χ4n) is 1.68. The largest absolute Gasteiger partial charge is 0.479 e. The molecule has 0 saturated heterocycles. The molecule has 0 aliphatic carbocycles. The molecular formula is C9H8N2O4. The Labute approximate surface area is 84.8 Å². The minimum Gasteiger partial charge on any atom is -0.479 e. The Balaban J connectivity index is 2.46. The summed E-state index contributed by atoms with van der Waals surface area (Å²) in [5.41, 5.74) is 0.958. The van der Waals surface area contributed by atoms with Gasteiger partial charge in [0.2, 0.25) is 0 Å². The van der Waals surface area contributed by atoms with Gasteiger partial charge in [-0.15, -0.1) is 0 Å². The predicted octanol–water partition coefficient (Wildman–Crippen LogP) is 0.701. The van der Waals surface area contributed by atoms with Gasteiger partial charge in [-0.25, -0.2) is 9.59 Å². The van der Waals surface area contributed by atoms with Crippen LogP contribution >= 0.6 is 0 Å². The van der Waals surface area contributed by atoms with Crippen LogP contribution in [-0.2, 0) is 11.3 Å². The summed E-state index contributed by atoms with van der Waals surface area (Å²) in [4.78, 5) is 26.5. The fourth-order valence-corrected chi connectivity index (χ4v) is 1.68. The highest BCUT2D eigenvalue weighted by Gasteiger charge is 2.39. The Morgan fingerprint density at radius 2 is 2.20 bits per heavy atom. The van der Waals surface area contributed by atoms with Crippen LogP contribution in [0.15, 0.2) is 18.3 Å². The lowest BCUT2D eigenvalue weighted by atomic mass is 10.1. The van der Waals surface area contributed by atoms with Gasteiger partial charge < -0.3 is 10.2 Å². The van der Waals surface area contributed by atoms with E-state index in [-0.39, 0.29) is 6.54 Å². The van der Waals surface area contributed by atoms with Crippen molar-refractivity contribution in [2.24, 2.45) is 0 Å². The highest BCUT2D eigenvalue weighted by Crippen LogP contribution is 2.31. The first-order valence-electron chi connectivity index (χ1n) is 4.27. The molecule has 6 heteroatoms. The van der Waals surface area contributed by atoms with Crippen LogP contribution in [0.2, 0.25) is 0 Å². The highest BCUT2D eigenvalue weighted by molar-refractivity contribution is 5.82. The Bertz CT molecular complexity index is 432. The summed E-state index contributed by atoms with van der Waals surface area (Å²) in [6.45, 7) is 0.0788. The van der Waals surface area contributed by atoms with Crippen molar-refractivity contribution in [1.29, 1.82) is 0 Å². The molecule has 0 bridgehead atoms. The van der Waals surface area contributed by atoms with E-state index in [1.54, 1.807) is 12.1 Å². The van der Waals surface area contributed by atoms with Gasteiger partial charge in [0, 0.05) is 6.20 Å². The Hall–Kier alpha value is -2.11. The molecule has 1 aliphatic heterocycles. The summed E-state index contributed by atoms with van der Waals surface area (Å²) in [6.07, 6.45) is 0.209. The molecule has 1 aliphatic rings. The maximum atomic E-state index is 10.9. The van der Waals surface area contributed by atoms with Gasteiger partial charge in [-0.1, -0.05) is 6.07 Å². The van der Waals surface area contributed by atoms with E-state index in [4.69, 9.17) is 10.2 Å². The molecule has 0 spiro atoms. The lowest BCUT2D eigenvalue weighted by Crippen LogP contribution is -2.32. The van der Waals surface area contributed by atoms with Gasteiger partial charge in [-0.3, -0.25) is 9.88 Å². The van der Waals surface area contributed by atoms with Gasteiger partial charge in [0.25, 0.3) is 0 Å². The molecule has 78 valence electrons. The monoisotopic (exact) mass is 208 g/mol. The summed E-state index contributed by atoms with van der Waals surface area (Å²) in [6, 6.07) is 2.16. The van der Waals surface area contributed by atoms with Gasteiger partial charge in [0.1, 0.15) is 0 Å². The first kappa shape index (κ1) is 9.45. The second kappa shape index (κ2) is 3.23. The minimum atomic E-state index is -1.25. The number of carboxylic acid groups (broad SMARTS) is 2. The van der Waals surface area contributed by atoms with E-state index in [1.807, 2.05) is 0 Å². The number of amides is 1. The Kier molecular flexibility index (Phi) is 2.03. The average Bonchev–Trinajstić information content (AvgIpc) is 2.56. The highest BCUT2D eigenvalue weighted by atomic mass is 16.4. The van der Waals surface area contributed by atoms with Crippen LogP contribution in [0.4, 0.5) is 4.79 Å². The van der Waals surface area contributed by atoms with E-state index < -0.39 is 18.1 Å². The van der Waals surface area contributed by atoms with Crippen molar-refractivity contribution in [3.05, 3.63) is 29.6 Å². The van der Waals surface area contributed by atoms with Gasteiger partial charge >= 0.3 is 12.1 Å². The second-order valence-electron chi connectivity index (χ2n) is 3.20. The topological polar surface area (TPSA) is 90.7 Å². The maximum Gasteiger partial charge on any atom is 0.408 e. The smallest absolute Gasteiger partial charge is 0.408 e. The Morgan fingerprint density at radius 3 is 2.80 bits per heavy atom. The van der Waals surface area contributed by atoms with Crippen molar-refractivity contribution in [2.75, 3.05) is 0 Å². The predicted molar refractivity (Wildman–Crippen MR) is 48.2 cm³/mol. The summed E-state index contributed by atoms with van der Waals surface area (Å²) >= 11 is 0. The molecule has 1 aromatic rings. The lowest BCUT2D eigenvalue weighted by molar-refractivity contribution is -0.142. The van der Waals surface area contributed by atoms with Crippen molar-refractivity contribution in [2.45, 2.75) is 12.6 Å². The van der Waals surface area contributed by atoms with Crippen LogP contribution in [0.1, 0.15) is 17.3 Å². The third-order valence-corrected chi connectivity index (χ3v) is 2.32. The van der Waals surface area contributed by atoms with Crippen LogP contribution in [-0.4, -0.2) is 32.2 Å². The summed E-state index contributed by atoms with van der Waals surface area (Å²) in [7, 11) is 0. The minimum absolute atomic E-state index is 0.0788. The van der Waals surface area contributed by atoms with Crippen molar-refractivity contribution in [1.82, 2.24) is 9.88 Å². The van der Waals surface area contributed by atoms with Crippen LogP contribution in [0.25, 0.3) is 0 Å². The number of rotatable bonds is 1. The van der Waals surface area contributed by atoms with Crippen molar-refractivity contribution >= 4 is 12.1 Å². The number of carbonyl (C=O) groups is 2. The molecule has 2 heterocycles. The zero-order valence-electron chi connectivity index (χ0n) is 7.62. The molecule has 15 heavy (non-hydrogen) atoms. The number of carboxylic acids is 1. The zero-order chi connectivity index (χ0) is 11.0. The van der Waals surface area contributed by atoms with Crippen molar-refractivity contribution in [3.8, 4) is 0 Å².